The van der Waals surface area contributed by atoms with E-state index in [9.17, 15) is 13.2 Å². The predicted molar refractivity (Wildman–Crippen MR) is 77.6 cm³/mol. The van der Waals surface area contributed by atoms with Gasteiger partial charge in [0.2, 0.25) is 0 Å². The van der Waals surface area contributed by atoms with Crippen LogP contribution in [0, 0.1) is 0 Å². The second-order valence-electron chi connectivity index (χ2n) is 4.10. The first-order valence-electron chi connectivity index (χ1n) is 5.94. The first-order valence-corrected chi connectivity index (χ1v) is 7.55. The topological polar surface area (TPSA) is 24.9 Å². The number of nitrogens with zero attached hydrogens (tertiary/aromatic N) is 1. The Balaban J connectivity index is 2.39. The summed E-state index contributed by atoms with van der Waals surface area (Å²) < 4.78 is 39.6. The first-order chi connectivity index (χ1) is 9.41. The van der Waals surface area contributed by atoms with E-state index in [1.165, 1.54) is 17.4 Å². The zero-order valence-corrected chi connectivity index (χ0v) is 13.0. The van der Waals surface area contributed by atoms with Crippen LogP contribution in [0.4, 0.5) is 13.2 Å². The monoisotopic (exact) mass is 364 g/mol. The molecule has 2 nitrogen and oxygen atoms in total. The standard InChI is InChI=1S/C13H12BrF3N2S/c1-2-18-6-9-7-19-12(20-9)10-4-3-8(14)5-11(10)13(15,16)17/h3-5,7,18H,2,6H2,1H3. The minimum atomic E-state index is -4.40. The lowest BCUT2D eigenvalue weighted by molar-refractivity contribution is -0.137. The molecular formula is C13H12BrF3N2S. The van der Waals surface area contributed by atoms with Crippen molar-refractivity contribution in [3.05, 3.63) is 39.3 Å². The summed E-state index contributed by atoms with van der Waals surface area (Å²) in [4.78, 5) is 5.02. The van der Waals surface area contributed by atoms with E-state index in [0.717, 1.165) is 17.5 Å². The van der Waals surface area contributed by atoms with E-state index in [2.05, 4.69) is 26.2 Å². The van der Waals surface area contributed by atoms with Gasteiger partial charge < -0.3 is 5.32 Å². The Morgan fingerprint density at radius 1 is 1.35 bits per heavy atom. The van der Waals surface area contributed by atoms with Gasteiger partial charge in [-0.2, -0.15) is 13.2 Å². The second kappa shape index (κ2) is 6.24. The molecule has 0 aliphatic rings. The molecule has 0 atom stereocenters. The zero-order chi connectivity index (χ0) is 14.8. The molecule has 2 rings (SSSR count). The average Bonchev–Trinajstić information content (AvgIpc) is 2.84. The molecule has 0 unspecified atom stereocenters. The van der Waals surface area contributed by atoms with Crippen molar-refractivity contribution < 1.29 is 13.2 Å². The number of rotatable bonds is 4. The summed E-state index contributed by atoms with van der Waals surface area (Å²) in [6, 6.07) is 4.12. The van der Waals surface area contributed by atoms with Crippen molar-refractivity contribution in [1.29, 1.82) is 0 Å². The zero-order valence-electron chi connectivity index (χ0n) is 10.6. The highest BCUT2D eigenvalue weighted by molar-refractivity contribution is 9.10. The molecule has 1 N–H and O–H groups in total. The summed E-state index contributed by atoms with van der Waals surface area (Å²) in [6.45, 7) is 3.39. The van der Waals surface area contributed by atoms with E-state index in [1.54, 1.807) is 12.3 Å². The summed E-state index contributed by atoms with van der Waals surface area (Å²) in [5.41, 5.74) is -0.551. The van der Waals surface area contributed by atoms with Crippen molar-refractivity contribution in [3.8, 4) is 10.6 Å². The molecule has 0 saturated carbocycles. The summed E-state index contributed by atoms with van der Waals surface area (Å²) in [7, 11) is 0. The lowest BCUT2D eigenvalue weighted by Gasteiger charge is -2.11. The van der Waals surface area contributed by atoms with Gasteiger partial charge in [-0.25, -0.2) is 4.98 Å². The molecule has 7 heteroatoms. The van der Waals surface area contributed by atoms with Gasteiger partial charge in [-0.1, -0.05) is 28.9 Å². The van der Waals surface area contributed by atoms with Crippen molar-refractivity contribution in [1.82, 2.24) is 10.3 Å². The highest BCUT2D eigenvalue weighted by atomic mass is 79.9. The van der Waals surface area contributed by atoms with Gasteiger partial charge in [0.25, 0.3) is 0 Å². The summed E-state index contributed by atoms with van der Waals surface area (Å²) >= 11 is 4.35. The van der Waals surface area contributed by atoms with Crippen LogP contribution >= 0.6 is 27.3 Å². The maximum atomic E-state index is 13.1. The lowest BCUT2D eigenvalue weighted by Crippen LogP contribution is -2.10. The molecular weight excluding hydrogens is 353 g/mol. The molecule has 0 amide bonds. The van der Waals surface area contributed by atoms with E-state index in [4.69, 9.17) is 0 Å². The summed E-state index contributed by atoms with van der Waals surface area (Å²) in [5, 5.41) is 3.51. The largest absolute Gasteiger partial charge is 0.417 e. The number of hydrogen-bond donors (Lipinski definition) is 1. The quantitative estimate of drug-likeness (QED) is 0.850. The van der Waals surface area contributed by atoms with Gasteiger partial charge in [0.1, 0.15) is 5.01 Å². The molecule has 1 aromatic heterocycles. The van der Waals surface area contributed by atoms with Crippen molar-refractivity contribution in [2.24, 2.45) is 0 Å². The van der Waals surface area contributed by atoms with Crippen LogP contribution < -0.4 is 5.32 Å². The van der Waals surface area contributed by atoms with E-state index in [0.29, 0.717) is 16.0 Å². The number of hydrogen-bond acceptors (Lipinski definition) is 3. The van der Waals surface area contributed by atoms with Gasteiger partial charge >= 0.3 is 6.18 Å². The number of thiazole rings is 1. The Morgan fingerprint density at radius 3 is 2.75 bits per heavy atom. The van der Waals surface area contributed by atoms with E-state index >= 15 is 0 Å². The predicted octanol–water partition coefficient (Wildman–Crippen LogP) is 4.70. The molecule has 0 bridgehead atoms. The fraction of sp³-hybridized carbons (Fsp3) is 0.308. The number of nitrogens with one attached hydrogen (secondary N) is 1. The van der Waals surface area contributed by atoms with Crippen LogP contribution in [0.1, 0.15) is 17.4 Å². The van der Waals surface area contributed by atoms with Crippen LogP contribution in [-0.2, 0) is 12.7 Å². The number of benzene rings is 1. The molecule has 20 heavy (non-hydrogen) atoms. The third kappa shape index (κ3) is 3.59. The van der Waals surface area contributed by atoms with Gasteiger partial charge in [0, 0.05) is 27.7 Å². The molecule has 0 radical (unpaired) electrons. The summed E-state index contributed by atoms with van der Waals surface area (Å²) in [5.74, 6) is 0. The Bertz CT molecular complexity index is 596. The second-order valence-corrected chi connectivity index (χ2v) is 6.13. The van der Waals surface area contributed by atoms with Gasteiger partial charge in [-0.15, -0.1) is 11.3 Å². The molecule has 0 aliphatic heterocycles. The highest BCUT2D eigenvalue weighted by Gasteiger charge is 2.34. The van der Waals surface area contributed by atoms with Gasteiger partial charge in [0.15, 0.2) is 0 Å². The van der Waals surface area contributed by atoms with Crippen molar-refractivity contribution in [3.63, 3.8) is 0 Å². The Labute approximate surface area is 127 Å². The van der Waals surface area contributed by atoms with Crippen LogP contribution in [0.5, 0.6) is 0 Å². The summed E-state index contributed by atoms with van der Waals surface area (Å²) in [6.07, 6.45) is -2.78. The van der Waals surface area contributed by atoms with Gasteiger partial charge in [-0.3, -0.25) is 0 Å². The van der Waals surface area contributed by atoms with Crippen molar-refractivity contribution in [2.45, 2.75) is 19.6 Å². The van der Waals surface area contributed by atoms with Crippen LogP contribution in [0.15, 0.2) is 28.9 Å². The Morgan fingerprint density at radius 2 is 2.10 bits per heavy atom. The third-order valence-corrected chi connectivity index (χ3v) is 4.14. The minimum Gasteiger partial charge on any atom is -0.312 e. The van der Waals surface area contributed by atoms with E-state index in [1.807, 2.05) is 6.92 Å². The highest BCUT2D eigenvalue weighted by Crippen LogP contribution is 2.39. The fourth-order valence-corrected chi connectivity index (χ4v) is 2.98. The molecule has 2 aromatic rings. The molecule has 1 aromatic carbocycles. The van der Waals surface area contributed by atoms with Crippen LogP contribution in [0.3, 0.4) is 0 Å². The maximum absolute atomic E-state index is 13.1. The van der Waals surface area contributed by atoms with Crippen molar-refractivity contribution >= 4 is 27.3 Å². The maximum Gasteiger partial charge on any atom is 0.417 e. The fourth-order valence-electron chi connectivity index (χ4n) is 1.70. The van der Waals surface area contributed by atoms with Gasteiger partial charge in [-0.05, 0) is 18.7 Å². The number of aromatic nitrogens is 1. The SMILES string of the molecule is CCNCc1cnc(-c2ccc(Br)cc2C(F)(F)F)s1. The first kappa shape index (κ1) is 15.5. The van der Waals surface area contributed by atoms with Crippen LogP contribution in [0.2, 0.25) is 0 Å². The lowest BCUT2D eigenvalue weighted by atomic mass is 10.1. The molecule has 0 spiro atoms. The smallest absolute Gasteiger partial charge is 0.312 e. The van der Waals surface area contributed by atoms with Crippen LogP contribution in [-0.4, -0.2) is 11.5 Å². The Hall–Kier alpha value is -0.920. The molecule has 0 aliphatic carbocycles. The number of alkyl halides is 3. The average molecular weight is 365 g/mol. The molecule has 0 fully saturated rings. The van der Waals surface area contributed by atoms with Crippen LogP contribution in [0.25, 0.3) is 10.6 Å². The Kier molecular flexibility index (Phi) is 4.82. The minimum absolute atomic E-state index is 0.119. The van der Waals surface area contributed by atoms with E-state index in [-0.39, 0.29) is 5.56 Å². The van der Waals surface area contributed by atoms with Crippen molar-refractivity contribution in [2.75, 3.05) is 6.54 Å². The molecule has 0 saturated heterocycles. The molecule has 1 heterocycles. The normalized spacial score (nSPS) is 11.8. The third-order valence-electron chi connectivity index (χ3n) is 2.62. The van der Waals surface area contributed by atoms with Gasteiger partial charge in [0.05, 0.1) is 5.56 Å². The number of halogens is 4. The molecule has 108 valence electrons. The van der Waals surface area contributed by atoms with E-state index < -0.39 is 11.7 Å².